The molecule has 0 spiro atoms. The average Bonchev–Trinajstić information content (AvgIpc) is 3.91. The molecule has 13 nitrogen and oxygen atoms in total. The largest absolute Gasteiger partial charge is 0.493 e. The number of nitrogens with zero attached hydrogens (tertiary/aromatic N) is 1. The number of carbonyl (C=O) groups excluding carboxylic acids is 4. The van der Waals surface area contributed by atoms with Crippen LogP contribution in [0, 0.1) is 11.3 Å². The summed E-state index contributed by atoms with van der Waals surface area (Å²) in [5.74, 6) is -0.345. The molecule has 1 saturated carbocycles. The summed E-state index contributed by atoms with van der Waals surface area (Å²) in [6.45, 7) is 4.33. The van der Waals surface area contributed by atoms with E-state index in [1.807, 2.05) is 13.0 Å². The number of nitrogens with one attached hydrogen (secondary N) is 3. The van der Waals surface area contributed by atoms with E-state index in [1.165, 1.54) is 36.3 Å². The molecule has 3 amide bonds. The molecule has 2 aromatic carbocycles. The highest BCUT2D eigenvalue weighted by molar-refractivity contribution is 7.89. The second kappa shape index (κ2) is 17.5. The summed E-state index contributed by atoms with van der Waals surface area (Å²) in [6, 6.07) is 11.0. The first-order valence-corrected chi connectivity index (χ1v) is 18.4. The van der Waals surface area contributed by atoms with E-state index in [4.69, 9.17) is 14.2 Å². The molecule has 1 aliphatic heterocycles. The maximum Gasteiger partial charge on any atom is 0.314 e. The van der Waals surface area contributed by atoms with Gasteiger partial charge in [-0.3, -0.25) is 19.2 Å². The minimum absolute atomic E-state index is 0.0453. The number of ether oxygens (including phenoxy) is 3. The Morgan fingerprint density at radius 3 is 2.47 bits per heavy atom. The molecule has 3 N–H and O–H groups in total. The smallest absolute Gasteiger partial charge is 0.314 e. The molecule has 49 heavy (non-hydrogen) atoms. The number of hydrogen-bond donors (Lipinski definition) is 3. The Hall–Kier alpha value is -4.17. The third-order valence-electron chi connectivity index (χ3n) is 8.61. The molecule has 0 saturated heterocycles. The molecule has 14 heteroatoms. The molecule has 268 valence electrons. The lowest BCUT2D eigenvalue weighted by Crippen LogP contribution is -2.46. The Morgan fingerprint density at radius 1 is 1.04 bits per heavy atom. The molecule has 1 unspecified atom stereocenters. The number of methoxy groups -OCH3 is 1. The molecule has 4 rings (SSSR count). The SMILES string of the molecule is CCCNS(=O)(=O)c1ccc(C(=O)N2CCCC(=O)NCC(CC3CC3)(C(=O)OCC)Cc3ccc(OC)c(c3)OCC(=O)NCC2)cc1. The lowest BCUT2D eigenvalue weighted by molar-refractivity contribution is -0.156. The molecular weight excluding hydrogens is 652 g/mol. The average molecular weight is 701 g/mol. The summed E-state index contributed by atoms with van der Waals surface area (Å²) in [5, 5.41) is 5.75. The number of hydrogen-bond acceptors (Lipinski definition) is 9. The second-order valence-electron chi connectivity index (χ2n) is 12.5. The normalized spacial score (nSPS) is 19.8. The van der Waals surface area contributed by atoms with Gasteiger partial charge in [-0.2, -0.15) is 0 Å². The molecule has 1 atom stereocenters. The van der Waals surface area contributed by atoms with Crippen LogP contribution in [-0.2, 0) is 35.6 Å². The van der Waals surface area contributed by atoms with E-state index in [9.17, 15) is 27.6 Å². The van der Waals surface area contributed by atoms with Crippen molar-refractivity contribution >= 4 is 33.7 Å². The van der Waals surface area contributed by atoms with Crippen molar-refractivity contribution in [3.63, 3.8) is 0 Å². The van der Waals surface area contributed by atoms with Crippen molar-refractivity contribution in [2.75, 3.05) is 53.0 Å². The van der Waals surface area contributed by atoms with E-state index in [1.54, 1.807) is 19.1 Å². The Kier molecular flexibility index (Phi) is 13.4. The topological polar surface area (TPSA) is 169 Å². The van der Waals surface area contributed by atoms with Gasteiger partial charge in [0.05, 0.1) is 24.0 Å². The summed E-state index contributed by atoms with van der Waals surface area (Å²) in [4.78, 5) is 54.7. The van der Waals surface area contributed by atoms with E-state index in [0.717, 1.165) is 18.4 Å². The van der Waals surface area contributed by atoms with E-state index in [0.29, 0.717) is 43.2 Å². The van der Waals surface area contributed by atoms with Gasteiger partial charge in [-0.15, -0.1) is 0 Å². The quantitative estimate of drug-likeness (QED) is 0.316. The van der Waals surface area contributed by atoms with Crippen LogP contribution in [-0.4, -0.2) is 90.1 Å². The molecule has 1 aliphatic carbocycles. The molecule has 0 aromatic heterocycles. The molecule has 1 heterocycles. The lowest BCUT2D eigenvalue weighted by atomic mass is 9.76. The Morgan fingerprint density at radius 2 is 1.80 bits per heavy atom. The summed E-state index contributed by atoms with van der Waals surface area (Å²) < 4.78 is 44.4. The van der Waals surface area contributed by atoms with Crippen LogP contribution in [0.25, 0.3) is 0 Å². The summed E-state index contributed by atoms with van der Waals surface area (Å²) in [7, 11) is -2.21. The summed E-state index contributed by atoms with van der Waals surface area (Å²) in [5.41, 5.74) is 0.0223. The molecular formula is C35H48N4O9S. The van der Waals surface area contributed by atoms with Crippen molar-refractivity contribution in [2.24, 2.45) is 11.3 Å². The van der Waals surface area contributed by atoms with Crippen LogP contribution in [0.1, 0.15) is 68.3 Å². The van der Waals surface area contributed by atoms with Crippen molar-refractivity contribution in [1.29, 1.82) is 0 Å². The number of sulfonamides is 1. The van der Waals surface area contributed by atoms with E-state index >= 15 is 0 Å². The highest BCUT2D eigenvalue weighted by atomic mass is 32.2. The number of amides is 3. The van der Waals surface area contributed by atoms with Gasteiger partial charge in [0.15, 0.2) is 18.1 Å². The third kappa shape index (κ3) is 10.7. The fourth-order valence-corrected chi connectivity index (χ4v) is 6.97. The minimum atomic E-state index is -3.70. The van der Waals surface area contributed by atoms with Gasteiger partial charge in [-0.1, -0.05) is 25.8 Å². The first-order valence-electron chi connectivity index (χ1n) is 16.9. The molecule has 0 radical (unpaired) electrons. The van der Waals surface area contributed by atoms with Crippen molar-refractivity contribution in [2.45, 2.75) is 63.7 Å². The van der Waals surface area contributed by atoms with E-state index in [-0.39, 0.29) is 80.5 Å². The van der Waals surface area contributed by atoms with Crippen LogP contribution in [0.5, 0.6) is 11.5 Å². The highest BCUT2D eigenvalue weighted by Gasteiger charge is 2.45. The van der Waals surface area contributed by atoms with Gasteiger partial charge in [0.25, 0.3) is 11.8 Å². The minimum Gasteiger partial charge on any atom is -0.493 e. The standard InChI is InChI=1S/C35H48N4O9S/c1-4-16-38-49(44,45)28-13-11-27(12-14-28)33(42)39-18-6-7-31(40)37-24-35(21-25-8-9-25,34(43)47-5-2)22-26-10-15-29(46-3)30(20-26)48-23-32(41)36-17-19-39/h10-15,20,25,38H,4-9,16-19,21-24H2,1-3H3,(H,36,41)(H,37,40). The van der Waals surface area contributed by atoms with Crippen LogP contribution in [0.4, 0.5) is 0 Å². The fourth-order valence-electron chi connectivity index (χ4n) is 5.83. The maximum absolute atomic E-state index is 13.6. The first-order chi connectivity index (χ1) is 23.5. The first kappa shape index (κ1) is 37.6. The van der Waals surface area contributed by atoms with Crippen molar-refractivity contribution in [3.05, 3.63) is 53.6 Å². The van der Waals surface area contributed by atoms with Gasteiger partial charge in [0.1, 0.15) is 0 Å². The van der Waals surface area contributed by atoms with Crippen LogP contribution in [0.2, 0.25) is 0 Å². The van der Waals surface area contributed by atoms with Gasteiger partial charge in [0, 0.05) is 44.7 Å². The Bertz CT molecular complexity index is 1580. The second-order valence-corrected chi connectivity index (χ2v) is 14.3. The number of benzene rings is 2. The van der Waals surface area contributed by atoms with Crippen LogP contribution >= 0.6 is 0 Å². The van der Waals surface area contributed by atoms with Crippen LogP contribution < -0.4 is 24.8 Å². The van der Waals surface area contributed by atoms with E-state index in [2.05, 4.69) is 15.4 Å². The molecule has 2 aromatic rings. The van der Waals surface area contributed by atoms with Gasteiger partial charge < -0.3 is 29.7 Å². The summed E-state index contributed by atoms with van der Waals surface area (Å²) >= 11 is 0. The zero-order valence-electron chi connectivity index (χ0n) is 28.5. The third-order valence-corrected chi connectivity index (χ3v) is 10.1. The van der Waals surface area contributed by atoms with Gasteiger partial charge in [-0.05, 0) is 80.5 Å². The van der Waals surface area contributed by atoms with Gasteiger partial charge in [-0.25, -0.2) is 13.1 Å². The molecule has 1 fully saturated rings. The maximum atomic E-state index is 13.6. The van der Waals surface area contributed by atoms with Gasteiger partial charge >= 0.3 is 5.97 Å². The zero-order chi connectivity index (χ0) is 35.4. The zero-order valence-corrected chi connectivity index (χ0v) is 29.4. The van der Waals surface area contributed by atoms with Crippen LogP contribution in [0.15, 0.2) is 47.4 Å². The van der Waals surface area contributed by atoms with Crippen molar-refractivity contribution < 1.29 is 41.8 Å². The predicted molar refractivity (Wildman–Crippen MR) is 182 cm³/mol. The Balaban J connectivity index is 1.57. The fraction of sp³-hybridized carbons (Fsp3) is 0.543. The van der Waals surface area contributed by atoms with Crippen molar-refractivity contribution in [3.8, 4) is 11.5 Å². The number of fused-ring (bicyclic) bond motifs is 2. The molecule has 2 aliphatic rings. The predicted octanol–water partition coefficient (Wildman–Crippen LogP) is 2.82. The lowest BCUT2D eigenvalue weighted by Gasteiger charge is -2.32. The van der Waals surface area contributed by atoms with Crippen molar-refractivity contribution in [1.82, 2.24) is 20.3 Å². The number of rotatable bonds is 10. The Labute approximate surface area is 288 Å². The number of carbonyl (C=O) groups is 4. The van der Waals surface area contributed by atoms with Gasteiger partial charge in [0.2, 0.25) is 15.9 Å². The monoisotopic (exact) mass is 700 g/mol. The highest BCUT2D eigenvalue weighted by Crippen LogP contribution is 2.43. The van der Waals surface area contributed by atoms with Crippen LogP contribution in [0.3, 0.4) is 0 Å². The number of esters is 1. The molecule has 2 bridgehead atoms. The van der Waals surface area contributed by atoms with E-state index < -0.39 is 21.3 Å². The summed E-state index contributed by atoms with van der Waals surface area (Å²) in [6.07, 6.45) is 3.89.